The number of fused-ring (bicyclic) bond motifs is 4. The number of hydrogen-bond acceptors (Lipinski definition) is 0. The van der Waals surface area contributed by atoms with Crippen LogP contribution < -0.4 is 0 Å². The Morgan fingerprint density at radius 3 is 1.64 bits per heavy atom. The van der Waals surface area contributed by atoms with E-state index < -0.39 is 0 Å². The predicted molar refractivity (Wildman–Crippen MR) is 256 cm³/mol. The third kappa shape index (κ3) is 8.15. The molecule has 8 aromatic carbocycles. The number of rotatable bonds is 12. The molecule has 0 aliphatic carbocycles. The molecule has 0 aliphatic rings. The van der Waals surface area contributed by atoms with E-state index in [4.69, 9.17) is 0 Å². The van der Waals surface area contributed by atoms with Crippen molar-refractivity contribution < 1.29 is 0 Å². The van der Waals surface area contributed by atoms with Gasteiger partial charge in [-0.3, -0.25) is 0 Å². The van der Waals surface area contributed by atoms with Crippen LogP contribution in [0.25, 0.3) is 77.0 Å². The molecule has 0 unspecified atom stereocenters. The van der Waals surface area contributed by atoms with Crippen LogP contribution in [0.2, 0.25) is 0 Å². The summed E-state index contributed by atoms with van der Waals surface area (Å²) in [5, 5.41) is 10.0. The lowest BCUT2D eigenvalue weighted by atomic mass is 9.84. The highest BCUT2D eigenvalue weighted by molar-refractivity contribution is 6.22. The van der Waals surface area contributed by atoms with E-state index in [1.54, 1.807) is 0 Å². The molecule has 0 radical (unpaired) electrons. The zero-order valence-corrected chi connectivity index (χ0v) is 34.3. The van der Waals surface area contributed by atoms with Gasteiger partial charge in [-0.05, 0) is 150 Å². The molecule has 58 heavy (non-hydrogen) atoms. The zero-order chi connectivity index (χ0) is 39.8. The highest BCUT2D eigenvalue weighted by atomic mass is 14.2. The van der Waals surface area contributed by atoms with Crippen molar-refractivity contribution in [3.8, 4) is 22.3 Å². The normalized spacial score (nSPS) is 12.9. The van der Waals surface area contributed by atoms with Gasteiger partial charge in [-0.1, -0.05) is 197 Å². The SMILES string of the molecule is CCC/C=C/C(=C\c1ccccc1C)C(/C)=C/C=C(\C=C\CCC)c1ccc2c(-c3ccc4ccccc4c3)c3ccccc3c(-c3ccc4ccccc4c3)c2c1. The maximum Gasteiger partial charge on any atom is -0.00259 e. The molecule has 0 fully saturated rings. The summed E-state index contributed by atoms with van der Waals surface area (Å²) in [4.78, 5) is 0. The van der Waals surface area contributed by atoms with E-state index in [1.807, 2.05) is 0 Å². The molecule has 0 aliphatic heterocycles. The molecule has 0 saturated carbocycles. The molecule has 0 aromatic heterocycles. The minimum absolute atomic E-state index is 1.03. The summed E-state index contributed by atoms with van der Waals surface area (Å²) >= 11 is 0. The van der Waals surface area contributed by atoms with E-state index >= 15 is 0 Å². The highest BCUT2D eigenvalue weighted by Gasteiger charge is 2.18. The second-order valence-electron chi connectivity index (χ2n) is 15.5. The fraction of sp³-hybridized carbons (Fsp3) is 0.138. The minimum atomic E-state index is 1.03. The second-order valence-corrected chi connectivity index (χ2v) is 15.5. The van der Waals surface area contributed by atoms with Gasteiger partial charge in [0.1, 0.15) is 0 Å². The largest absolute Gasteiger partial charge is 0.0839 e. The van der Waals surface area contributed by atoms with Crippen LogP contribution in [0.3, 0.4) is 0 Å². The smallest absolute Gasteiger partial charge is 0.00259 e. The Morgan fingerprint density at radius 2 is 1.02 bits per heavy atom. The van der Waals surface area contributed by atoms with Gasteiger partial charge >= 0.3 is 0 Å². The van der Waals surface area contributed by atoms with Gasteiger partial charge in [0, 0.05) is 0 Å². The Hall–Kier alpha value is -6.50. The van der Waals surface area contributed by atoms with Gasteiger partial charge in [0.2, 0.25) is 0 Å². The van der Waals surface area contributed by atoms with Crippen molar-refractivity contribution in [1.29, 1.82) is 0 Å². The summed E-state index contributed by atoms with van der Waals surface area (Å²) in [5.41, 5.74) is 12.4. The fourth-order valence-corrected chi connectivity index (χ4v) is 8.19. The summed E-state index contributed by atoms with van der Waals surface area (Å²) in [7, 11) is 0. The van der Waals surface area contributed by atoms with Crippen LogP contribution in [0.4, 0.5) is 0 Å². The average molecular weight is 749 g/mol. The molecule has 0 atom stereocenters. The highest BCUT2D eigenvalue weighted by Crippen LogP contribution is 2.45. The molecule has 284 valence electrons. The molecule has 0 nitrogen and oxygen atoms in total. The number of benzene rings is 8. The molecule has 8 rings (SSSR count). The third-order valence-corrected chi connectivity index (χ3v) is 11.4. The quantitative estimate of drug-likeness (QED) is 0.0862. The Balaban J connectivity index is 1.37. The van der Waals surface area contributed by atoms with Crippen molar-refractivity contribution in [2.45, 2.75) is 53.4 Å². The Bertz CT molecular complexity index is 2920. The standard InChI is InChI=1S/C58H52/c1-5-7-9-20-43(30-29-42(4)47(23-10-8-6-2)37-46-24-12-11-19-41(46)3)50-35-36-55-56(40-50)58(52-34-32-45-22-14-16-26-49(45)39-52)54-28-18-17-27-53(54)57(55)51-33-31-44-21-13-15-25-48(44)38-51/h9-40H,5-8H2,1-4H3/b20-9+,23-10+,42-29+,43-30+,47-37+. The van der Waals surface area contributed by atoms with Gasteiger partial charge in [0.05, 0.1) is 0 Å². The minimum Gasteiger partial charge on any atom is -0.0839 e. The van der Waals surface area contributed by atoms with Crippen molar-refractivity contribution in [2.75, 3.05) is 0 Å². The van der Waals surface area contributed by atoms with Crippen molar-refractivity contribution in [2.24, 2.45) is 0 Å². The summed E-state index contributed by atoms with van der Waals surface area (Å²) in [6.07, 6.45) is 20.6. The van der Waals surface area contributed by atoms with Gasteiger partial charge in [0.25, 0.3) is 0 Å². The maximum absolute atomic E-state index is 2.45. The third-order valence-electron chi connectivity index (χ3n) is 11.4. The number of aryl methyl sites for hydroxylation is 1. The van der Waals surface area contributed by atoms with E-state index in [0.717, 1.165) is 25.7 Å². The molecule has 0 spiro atoms. The molecule has 0 bridgehead atoms. The Kier molecular flexibility index (Phi) is 11.7. The van der Waals surface area contributed by atoms with E-state index in [2.05, 4.69) is 222 Å². The van der Waals surface area contributed by atoms with Crippen LogP contribution in [0.15, 0.2) is 199 Å². The number of allylic oxidation sites excluding steroid dienone is 9. The van der Waals surface area contributed by atoms with Crippen LogP contribution in [-0.2, 0) is 0 Å². The summed E-state index contributed by atoms with van der Waals surface area (Å²) in [5.74, 6) is 0. The lowest BCUT2D eigenvalue weighted by molar-refractivity contribution is 0.958. The van der Waals surface area contributed by atoms with Gasteiger partial charge in [-0.15, -0.1) is 0 Å². The molecule has 0 N–H and O–H groups in total. The Morgan fingerprint density at radius 1 is 0.483 bits per heavy atom. The van der Waals surface area contributed by atoms with Crippen LogP contribution in [-0.4, -0.2) is 0 Å². The van der Waals surface area contributed by atoms with E-state index in [0.29, 0.717) is 0 Å². The predicted octanol–water partition coefficient (Wildman–Crippen LogP) is 17.1. The Labute approximate surface area is 344 Å². The first-order valence-electron chi connectivity index (χ1n) is 21.0. The monoisotopic (exact) mass is 748 g/mol. The number of hydrogen-bond donors (Lipinski definition) is 0. The fourth-order valence-electron chi connectivity index (χ4n) is 8.19. The number of unbranched alkanes of at least 4 members (excludes halogenated alkanes) is 2. The van der Waals surface area contributed by atoms with Crippen LogP contribution in [0.1, 0.15) is 63.1 Å². The van der Waals surface area contributed by atoms with Crippen molar-refractivity contribution >= 4 is 54.7 Å². The average Bonchev–Trinajstić information content (AvgIpc) is 3.26. The van der Waals surface area contributed by atoms with Gasteiger partial charge < -0.3 is 0 Å². The molecule has 0 saturated heterocycles. The van der Waals surface area contributed by atoms with E-state index in [1.165, 1.54) is 98.8 Å². The first kappa shape index (κ1) is 38.4. The summed E-state index contributed by atoms with van der Waals surface area (Å²) in [6, 6.07) is 56.1. The second kappa shape index (κ2) is 17.7. The summed E-state index contributed by atoms with van der Waals surface area (Å²) in [6.45, 7) is 8.91. The maximum atomic E-state index is 2.45. The van der Waals surface area contributed by atoms with E-state index in [-0.39, 0.29) is 0 Å². The van der Waals surface area contributed by atoms with Crippen LogP contribution >= 0.6 is 0 Å². The van der Waals surface area contributed by atoms with Gasteiger partial charge in [0.15, 0.2) is 0 Å². The van der Waals surface area contributed by atoms with Gasteiger partial charge in [-0.25, -0.2) is 0 Å². The molecular formula is C58H52. The van der Waals surface area contributed by atoms with Crippen LogP contribution in [0, 0.1) is 6.92 Å². The van der Waals surface area contributed by atoms with Gasteiger partial charge in [-0.2, -0.15) is 0 Å². The summed E-state index contributed by atoms with van der Waals surface area (Å²) < 4.78 is 0. The lowest BCUT2D eigenvalue weighted by Crippen LogP contribution is -1.93. The van der Waals surface area contributed by atoms with Crippen molar-refractivity contribution in [3.63, 3.8) is 0 Å². The van der Waals surface area contributed by atoms with Crippen molar-refractivity contribution in [3.05, 3.63) is 216 Å². The molecule has 0 heterocycles. The lowest BCUT2D eigenvalue weighted by Gasteiger charge is -2.19. The first-order chi connectivity index (χ1) is 28.5. The van der Waals surface area contributed by atoms with E-state index in [9.17, 15) is 0 Å². The molecule has 8 aromatic rings. The topological polar surface area (TPSA) is 0 Å². The zero-order valence-electron chi connectivity index (χ0n) is 34.3. The first-order valence-corrected chi connectivity index (χ1v) is 21.0. The molecule has 0 heteroatoms. The van der Waals surface area contributed by atoms with Crippen molar-refractivity contribution in [1.82, 2.24) is 0 Å². The molecular weight excluding hydrogens is 697 g/mol. The van der Waals surface area contributed by atoms with Crippen LogP contribution in [0.5, 0.6) is 0 Å². The molecule has 0 amide bonds.